The van der Waals surface area contributed by atoms with Gasteiger partial charge < -0.3 is 19.1 Å². The molecule has 120 valence electrons. The topological polar surface area (TPSA) is 46.9 Å². The van der Waals surface area contributed by atoms with Gasteiger partial charge in [-0.1, -0.05) is 6.07 Å². The molecule has 0 fully saturated rings. The standard InChI is InChI=1S/C17H24N2O3/c1-18-7-6-14(11-18)12-19(8-9-20)13-15-4-5-16(21-2)10-17(15)22-3/h4-7,10-11,20H,8-9,12-13H2,1-3H3. The molecule has 0 aliphatic rings. The molecule has 0 radical (unpaired) electrons. The van der Waals surface area contributed by atoms with Crippen molar-refractivity contribution in [1.29, 1.82) is 0 Å². The molecule has 2 rings (SSSR count). The highest BCUT2D eigenvalue weighted by Crippen LogP contribution is 2.26. The summed E-state index contributed by atoms with van der Waals surface area (Å²) < 4.78 is 12.7. The van der Waals surface area contributed by atoms with E-state index in [9.17, 15) is 5.11 Å². The van der Waals surface area contributed by atoms with Crippen molar-refractivity contribution in [2.75, 3.05) is 27.4 Å². The molecule has 0 saturated carbocycles. The lowest BCUT2D eigenvalue weighted by Crippen LogP contribution is -2.26. The Balaban J connectivity index is 2.13. The van der Waals surface area contributed by atoms with Crippen LogP contribution < -0.4 is 9.47 Å². The number of nitrogens with zero attached hydrogens (tertiary/aromatic N) is 2. The smallest absolute Gasteiger partial charge is 0.127 e. The van der Waals surface area contributed by atoms with Crippen LogP contribution in [-0.2, 0) is 20.1 Å². The fourth-order valence-electron chi connectivity index (χ4n) is 2.49. The van der Waals surface area contributed by atoms with Gasteiger partial charge in [-0.15, -0.1) is 0 Å². The minimum absolute atomic E-state index is 0.130. The summed E-state index contributed by atoms with van der Waals surface area (Å²) in [6.45, 7) is 2.24. The van der Waals surface area contributed by atoms with E-state index < -0.39 is 0 Å². The van der Waals surface area contributed by atoms with E-state index in [2.05, 4.69) is 17.2 Å². The monoisotopic (exact) mass is 304 g/mol. The number of ether oxygens (including phenoxy) is 2. The van der Waals surface area contributed by atoms with Crippen LogP contribution in [0.4, 0.5) is 0 Å². The molecular formula is C17H24N2O3. The third-order valence-corrected chi connectivity index (χ3v) is 3.60. The van der Waals surface area contributed by atoms with Crippen molar-refractivity contribution in [3.05, 3.63) is 47.8 Å². The van der Waals surface area contributed by atoms with Gasteiger partial charge in [-0.05, 0) is 17.7 Å². The maximum Gasteiger partial charge on any atom is 0.127 e. The van der Waals surface area contributed by atoms with Crippen molar-refractivity contribution in [3.8, 4) is 11.5 Å². The number of benzene rings is 1. The van der Waals surface area contributed by atoms with Crippen LogP contribution >= 0.6 is 0 Å². The van der Waals surface area contributed by atoms with E-state index in [0.717, 1.165) is 23.6 Å². The summed E-state index contributed by atoms with van der Waals surface area (Å²) in [5.41, 5.74) is 2.30. The molecule has 2 aromatic rings. The fraction of sp³-hybridized carbons (Fsp3) is 0.412. The summed E-state index contributed by atoms with van der Waals surface area (Å²) in [5, 5.41) is 9.31. The van der Waals surface area contributed by atoms with Gasteiger partial charge in [-0.2, -0.15) is 0 Å². The second kappa shape index (κ2) is 7.87. The number of methoxy groups -OCH3 is 2. The maximum atomic E-state index is 9.31. The number of aliphatic hydroxyl groups excluding tert-OH is 1. The SMILES string of the molecule is COc1ccc(CN(CCO)Cc2ccn(C)c2)c(OC)c1. The van der Waals surface area contributed by atoms with E-state index >= 15 is 0 Å². The average molecular weight is 304 g/mol. The first-order valence-corrected chi connectivity index (χ1v) is 7.31. The Morgan fingerprint density at radius 2 is 1.95 bits per heavy atom. The van der Waals surface area contributed by atoms with Crippen LogP contribution in [0.15, 0.2) is 36.7 Å². The molecule has 0 aliphatic carbocycles. The highest BCUT2D eigenvalue weighted by atomic mass is 16.5. The number of aromatic nitrogens is 1. The van der Waals surface area contributed by atoms with E-state index in [-0.39, 0.29) is 6.61 Å². The van der Waals surface area contributed by atoms with Gasteiger partial charge in [0.2, 0.25) is 0 Å². The summed E-state index contributed by atoms with van der Waals surface area (Å²) in [6, 6.07) is 7.91. The van der Waals surface area contributed by atoms with Crippen molar-refractivity contribution in [2.45, 2.75) is 13.1 Å². The summed E-state index contributed by atoms with van der Waals surface area (Å²) >= 11 is 0. The molecule has 22 heavy (non-hydrogen) atoms. The van der Waals surface area contributed by atoms with Gasteiger partial charge in [0.25, 0.3) is 0 Å². The van der Waals surface area contributed by atoms with Crippen molar-refractivity contribution in [3.63, 3.8) is 0 Å². The molecule has 1 heterocycles. The summed E-state index contributed by atoms with van der Waals surface area (Å²) in [7, 11) is 5.31. The van der Waals surface area contributed by atoms with Crippen molar-refractivity contribution in [2.24, 2.45) is 7.05 Å². The van der Waals surface area contributed by atoms with Crippen LogP contribution in [0.25, 0.3) is 0 Å². The lowest BCUT2D eigenvalue weighted by atomic mass is 10.1. The lowest BCUT2D eigenvalue weighted by molar-refractivity contribution is 0.183. The van der Waals surface area contributed by atoms with Gasteiger partial charge in [0.05, 0.1) is 20.8 Å². The Hall–Kier alpha value is -1.98. The van der Waals surface area contributed by atoms with Crippen LogP contribution in [0.2, 0.25) is 0 Å². The number of rotatable bonds is 8. The number of hydrogen-bond acceptors (Lipinski definition) is 4. The zero-order valence-electron chi connectivity index (χ0n) is 13.5. The molecule has 0 saturated heterocycles. The molecule has 5 nitrogen and oxygen atoms in total. The first-order valence-electron chi connectivity index (χ1n) is 7.31. The fourth-order valence-corrected chi connectivity index (χ4v) is 2.49. The Kier molecular flexibility index (Phi) is 5.86. The molecule has 1 aromatic carbocycles. The lowest BCUT2D eigenvalue weighted by Gasteiger charge is -2.22. The average Bonchev–Trinajstić information content (AvgIpc) is 2.93. The highest BCUT2D eigenvalue weighted by molar-refractivity contribution is 5.40. The van der Waals surface area contributed by atoms with Crippen LogP contribution in [0.5, 0.6) is 11.5 Å². The van der Waals surface area contributed by atoms with Gasteiger partial charge in [0.15, 0.2) is 0 Å². The summed E-state index contributed by atoms with van der Waals surface area (Å²) in [4.78, 5) is 2.19. The van der Waals surface area contributed by atoms with Gasteiger partial charge in [-0.3, -0.25) is 4.90 Å². The van der Waals surface area contributed by atoms with Crippen LogP contribution in [0.3, 0.4) is 0 Å². The largest absolute Gasteiger partial charge is 0.497 e. The Bertz CT molecular complexity index is 595. The summed E-state index contributed by atoms with van der Waals surface area (Å²) in [6.07, 6.45) is 4.12. The molecule has 0 unspecified atom stereocenters. The molecule has 0 bridgehead atoms. The molecule has 0 amide bonds. The van der Waals surface area contributed by atoms with Crippen LogP contribution in [0, 0.1) is 0 Å². The number of hydrogen-bond donors (Lipinski definition) is 1. The van der Waals surface area contributed by atoms with Gasteiger partial charge >= 0.3 is 0 Å². The minimum atomic E-state index is 0.130. The molecule has 0 atom stereocenters. The molecule has 0 spiro atoms. The van der Waals surface area contributed by atoms with Crippen molar-refractivity contribution < 1.29 is 14.6 Å². The van der Waals surface area contributed by atoms with E-state index in [0.29, 0.717) is 13.1 Å². The van der Waals surface area contributed by atoms with Crippen molar-refractivity contribution >= 4 is 0 Å². The molecule has 5 heteroatoms. The van der Waals surface area contributed by atoms with Crippen molar-refractivity contribution in [1.82, 2.24) is 9.47 Å². The number of aliphatic hydroxyl groups is 1. The molecule has 0 aliphatic heterocycles. The third-order valence-electron chi connectivity index (χ3n) is 3.60. The van der Waals surface area contributed by atoms with E-state index in [4.69, 9.17) is 9.47 Å². The zero-order valence-corrected chi connectivity index (χ0v) is 13.5. The van der Waals surface area contributed by atoms with Crippen LogP contribution in [0.1, 0.15) is 11.1 Å². The zero-order chi connectivity index (χ0) is 15.9. The van der Waals surface area contributed by atoms with Gasteiger partial charge in [-0.25, -0.2) is 0 Å². The van der Waals surface area contributed by atoms with Gasteiger partial charge in [0.1, 0.15) is 11.5 Å². The molecular weight excluding hydrogens is 280 g/mol. The quantitative estimate of drug-likeness (QED) is 0.811. The molecule has 1 N–H and O–H groups in total. The molecule has 1 aromatic heterocycles. The Morgan fingerprint density at radius 3 is 2.55 bits per heavy atom. The predicted molar refractivity (Wildman–Crippen MR) is 86.2 cm³/mol. The summed E-state index contributed by atoms with van der Waals surface area (Å²) in [5.74, 6) is 1.58. The highest BCUT2D eigenvalue weighted by Gasteiger charge is 2.12. The second-order valence-corrected chi connectivity index (χ2v) is 5.30. The maximum absolute atomic E-state index is 9.31. The first-order chi connectivity index (χ1) is 10.7. The Morgan fingerprint density at radius 1 is 1.14 bits per heavy atom. The van der Waals surface area contributed by atoms with E-state index in [1.54, 1.807) is 14.2 Å². The number of aryl methyl sites for hydroxylation is 1. The Labute approximate surface area is 131 Å². The normalized spacial score (nSPS) is 11.0. The predicted octanol–water partition coefficient (Wildman–Crippen LogP) is 2.04. The minimum Gasteiger partial charge on any atom is -0.497 e. The first kappa shape index (κ1) is 16.4. The van der Waals surface area contributed by atoms with E-state index in [1.165, 1.54) is 5.56 Å². The van der Waals surface area contributed by atoms with E-state index in [1.807, 2.05) is 36.0 Å². The van der Waals surface area contributed by atoms with Crippen LogP contribution in [-0.4, -0.2) is 41.9 Å². The van der Waals surface area contributed by atoms with Gasteiger partial charge in [0, 0.05) is 50.7 Å². The third kappa shape index (κ3) is 4.26. The second-order valence-electron chi connectivity index (χ2n) is 5.30.